The van der Waals surface area contributed by atoms with Crippen molar-refractivity contribution in [2.24, 2.45) is 5.92 Å². The lowest BCUT2D eigenvalue weighted by Gasteiger charge is -2.16. The van der Waals surface area contributed by atoms with Crippen LogP contribution < -0.4 is 10.2 Å². The molecule has 4 heterocycles. The van der Waals surface area contributed by atoms with Gasteiger partial charge in [-0.05, 0) is 32.0 Å². The third kappa shape index (κ3) is 3.64. The number of carbonyl (C=O) groups is 2. The molecule has 170 valence electrons. The van der Waals surface area contributed by atoms with Crippen LogP contribution in [-0.4, -0.2) is 37.9 Å². The van der Waals surface area contributed by atoms with Gasteiger partial charge in [0.05, 0.1) is 26.8 Å². The minimum atomic E-state index is -0.474. The molecule has 0 spiro atoms. The second-order valence-corrected chi connectivity index (χ2v) is 10.5. The number of nitrogens with one attached hydrogen (secondary N) is 1. The van der Waals surface area contributed by atoms with E-state index in [4.69, 9.17) is 0 Å². The first-order valence-electron chi connectivity index (χ1n) is 10.8. The van der Waals surface area contributed by atoms with Crippen LogP contribution in [-0.2, 0) is 9.59 Å². The van der Waals surface area contributed by atoms with E-state index in [0.29, 0.717) is 11.5 Å². The number of hydrogen-bond acceptors (Lipinski definition) is 7. The summed E-state index contributed by atoms with van der Waals surface area (Å²) in [5, 5.41) is 10.3. The van der Waals surface area contributed by atoms with Gasteiger partial charge in [-0.2, -0.15) is 4.98 Å². The molecule has 3 aromatic heterocycles. The molecule has 1 N–H and O–H groups in total. The fourth-order valence-corrected chi connectivity index (χ4v) is 5.84. The van der Waals surface area contributed by atoms with Crippen LogP contribution >= 0.6 is 22.7 Å². The van der Waals surface area contributed by atoms with Gasteiger partial charge in [-0.15, -0.1) is 27.8 Å². The number of anilines is 2. The highest BCUT2D eigenvalue weighted by molar-refractivity contribution is 7.18. The van der Waals surface area contributed by atoms with Gasteiger partial charge < -0.3 is 4.90 Å². The topological polar surface area (TPSA) is 92.5 Å². The van der Waals surface area contributed by atoms with E-state index in [1.807, 2.05) is 49.6 Å². The fourth-order valence-electron chi connectivity index (χ4n) is 4.20. The van der Waals surface area contributed by atoms with Gasteiger partial charge >= 0.3 is 0 Å². The van der Waals surface area contributed by atoms with Crippen LogP contribution in [0.3, 0.4) is 0 Å². The van der Waals surface area contributed by atoms with E-state index in [2.05, 4.69) is 32.5 Å². The van der Waals surface area contributed by atoms with Gasteiger partial charge in [0, 0.05) is 29.6 Å². The molecule has 6 rings (SSSR count). The lowest BCUT2D eigenvalue weighted by atomic mass is 10.1. The quantitative estimate of drug-likeness (QED) is 0.397. The number of fused-ring (bicyclic) bond motifs is 2. The highest BCUT2D eigenvalue weighted by Gasteiger charge is 2.35. The Hall–Kier alpha value is -3.63. The van der Waals surface area contributed by atoms with Gasteiger partial charge in [-0.1, -0.05) is 29.8 Å². The van der Waals surface area contributed by atoms with Gasteiger partial charge in [-0.25, -0.2) is 9.50 Å². The van der Waals surface area contributed by atoms with E-state index in [-0.39, 0.29) is 24.2 Å². The van der Waals surface area contributed by atoms with Gasteiger partial charge in [-0.3, -0.25) is 14.9 Å². The molecule has 5 aromatic rings. The summed E-state index contributed by atoms with van der Waals surface area (Å²) in [5.74, 6) is -0.558. The smallest absolute Gasteiger partial charge is 0.250 e. The van der Waals surface area contributed by atoms with Crippen molar-refractivity contribution in [2.45, 2.75) is 20.3 Å². The van der Waals surface area contributed by atoms with Crippen molar-refractivity contribution in [3.8, 4) is 11.3 Å². The lowest BCUT2D eigenvalue weighted by Crippen LogP contribution is -2.28. The first-order valence-corrected chi connectivity index (χ1v) is 12.5. The molecule has 1 fully saturated rings. The zero-order valence-corrected chi connectivity index (χ0v) is 20.1. The van der Waals surface area contributed by atoms with Gasteiger partial charge in [0.2, 0.25) is 22.7 Å². The van der Waals surface area contributed by atoms with Crippen molar-refractivity contribution in [2.75, 3.05) is 16.8 Å². The van der Waals surface area contributed by atoms with Crippen molar-refractivity contribution in [1.82, 2.24) is 19.6 Å². The first-order chi connectivity index (χ1) is 16.4. The van der Waals surface area contributed by atoms with E-state index in [1.165, 1.54) is 16.9 Å². The van der Waals surface area contributed by atoms with Crippen molar-refractivity contribution in [3.05, 3.63) is 58.4 Å². The molecule has 1 unspecified atom stereocenters. The molecule has 10 heteroatoms. The monoisotopic (exact) mass is 488 g/mol. The average molecular weight is 489 g/mol. The molecule has 1 saturated heterocycles. The molecule has 0 aliphatic carbocycles. The average Bonchev–Trinajstić information content (AvgIpc) is 3.56. The number of aryl methyl sites for hydroxylation is 2. The maximum Gasteiger partial charge on any atom is 0.250 e. The Balaban J connectivity index is 1.19. The van der Waals surface area contributed by atoms with Crippen LogP contribution in [0.15, 0.2) is 47.8 Å². The van der Waals surface area contributed by atoms with E-state index in [0.717, 1.165) is 32.2 Å². The normalized spacial score (nSPS) is 16.1. The van der Waals surface area contributed by atoms with Gasteiger partial charge in [0.15, 0.2) is 0 Å². The highest BCUT2D eigenvalue weighted by Crippen LogP contribution is 2.31. The van der Waals surface area contributed by atoms with Gasteiger partial charge in [0.1, 0.15) is 0 Å². The minimum Gasteiger partial charge on any atom is -0.312 e. The summed E-state index contributed by atoms with van der Waals surface area (Å²) in [4.78, 5) is 37.0. The predicted molar refractivity (Wildman–Crippen MR) is 134 cm³/mol. The second-order valence-electron chi connectivity index (χ2n) is 8.40. The number of benzene rings is 2. The summed E-state index contributed by atoms with van der Waals surface area (Å²) in [6.45, 7) is 4.32. The Bertz CT molecular complexity index is 1570. The SMILES string of the molecule is Cc1ccc(-c2csc3nc(NC(=O)C4CC(=O)N(c5ccc6sc(C)nc6c5)C4)nn23)cc1. The molecule has 0 saturated carbocycles. The van der Waals surface area contributed by atoms with Crippen molar-refractivity contribution >= 4 is 61.3 Å². The molecule has 2 amide bonds. The number of thiazole rings is 2. The minimum absolute atomic E-state index is 0.0770. The molecule has 1 aliphatic rings. The number of hydrogen-bond donors (Lipinski definition) is 1. The fraction of sp³-hybridized carbons (Fsp3) is 0.208. The zero-order valence-electron chi connectivity index (χ0n) is 18.5. The zero-order chi connectivity index (χ0) is 23.4. The molecular formula is C24H20N6O2S2. The maximum atomic E-state index is 13.0. The number of amides is 2. The highest BCUT2D eigenvalue weighted by atomic mass is 32.1. The van der Waals surface area contributed by atoms with E-state index < -0.39 is 5.92 Å². The third-order valence-electron chi connectivity index (χ3n) is 5.95. The van der Waals surface area contributed by atoms with Crippen LogP contribution in [0.4, 0.5) is 11.6 Å². The Morgan fingerprint density at radius 3 is 2.76 bits per heavy atom. The van der Waals surface area contributed by atoms with Crippen molar-refractivity contribution in [3.63, 3.8) is 0 Å². The van der Waals surface area contributed by atoms with Crippen LogP contribution in [0.25, 0.3) is 26.4 Å². The number of carbonyl (C=O) groups excluding carboxylic acids is 2. The van der Waals surface area contributed by atoms with E-state index in [9.17, 15) is 9.59 Å². The molecular weight excluding hydrogens is 468 g/mol. The number of aromatic nitrogens is 4. The predicted octanol–water partition coefficient (Wildman–Crippen LogP) is 4.68. The maximum absolute atomic E-state index is 13.0. The third-order valence-corrected chi connectivity index (χ3v) is 7.72. The van der Waals surface area contributed by atoms with E-state index in [1.54, 1.807) is 20.8 Å². The van der Waals surface area contributed by atoms with Gasteiger partial charge in [0.25, 0.3) is 0 Å². The molecule has 1 aliphatic heterocycles. The molecule has 8 nitrogen and oxygen atoms in total. The Kier molecular flexibility index (Phi) is 4.93. The van der Waals surface area contributed by atoms with Crippen LogP contribution in [0.5, 0.6) is 0 Å². The van der Waals surface area contributed by atoms with Crippen LogP contribution in [0.1, 0.15) is 17.0 Å². The van der Waals surface area contributed by atoms with Crippen LogP contribution in [0, 0.1) is 19.8 Å². The van der Waals surface area contributed by atoms with Crippen molar-refractivity contribution in [1.29, 1.82) is 0 Å². The van der Waals surface area contributed by atoms with E-state index >= 15 is 0 Å². The number of nitrogens with zero attached hydrogens (tertiary/aromatic N) is 5. The first kappa shape index (κ1) is 20.9. The summed E-state index contributed by atoms with van der Waals surface area (Å²) >= 11 is 3.08. The molecule has 34 heavy (non-hydrogen) atoms. The Labute approximate surface area is 202 Å². The summed E-state index contributed by atoms with van der Waals surface area (Å²) < 4.78 is 2.82. The second kappa shape index (κ2) is 8.00. The molecule has 2 aromatic carbocycles. The number of rotatable bonds is 4. The Morgan fingerprint density at radius 1 is 1.12 bits per heavy atom. The lowest BCUT2D eigenvalue weighted by molar-refractivity contribution is -0.122. The molecule has 0 bridgehead atoms. The van der Waals surface area contributed by atoms with Crippen molar-refractivity contribution < 1.29 is 9.59 Å². The van der Waals surface area contributed by atoms with Crippen LogP contribution in [0.2, 0.25) is 0 Å². The standard InChI is InChI=1S/C24H20N6O2S2/c1-13-3-5-15(6-4-13)19-12-33-24-27-23(28-30(19)24)26-22(32)16-9-21(31)29(11-16)17-7-8-20-18(10-17)25-14(2)34-20/h3-8,10,12,16H,9,11H2,1-2H3,(H,26,28,32). The summed E-state index contributed by atoms with van der Waals surface area (Å²) in [7, 11) is 0. The summed E-state index contributed by atoms with van der Waals surface area (Å²) in [5.41, 5.74) is 4.77. The summed E-state index contributed by atoms with van der Waals surface area (Å²) in [6, 6.07) is 14.0. The Morgan fingerprint density at radius 2 is 1.94 bits per heavy atom. The summed E-state index contributed by atoms with van der Waals surface area (Å²) in [6.07, 6.45) is 0.150. The largest absolute Gasteiger partial charge is 0.312 e. The molecule has 1 atom stereocenters. The molecule has 0 radical (unpaired) electrons.